The van der Waals surface area contributed by atoms with Crippen molar-refractivity contribution in [2.75, 3.05) is 17.2 Å². The van der Waals surface area contributed by atoms with E-state index in [9.17, 15) is 4.79 Å². The van der Waals surface area contributed by atoms with Gasteiger partial charge in [-0.05, 0) is 31.4 Å². The lowest BCUT2D eigenvalue weighted by molar-refractivity contribution is 0.100. The molecule has 0 fully saturated rings. The fourth-order valence-corrected chi connectivity index (χ4v) is 5.24. The van der Waals surface area contributed by atoms with Gasteiger partial charge in [0, 0.05) is 33.6 Å². The van der Waals surface area contributed by atoms with E-state index in [0.29, 0.717) is 17.9 Å². The number of rotatable bonds is 5. The zero-order valence-corrected chi connectivity index (χ0v) is 18.1. The molecule has 156 valence electrons. The molecule has 0 saturated carbocycles. The topological polar surface area (TPSA) is 92.9 Å². The van der Waals surface area contributed by atoms with E-state index in [4.69, 9.17) is 15.7 Å². The van der Waals surface area contributed by atoms with Crippen LogP contribution in [-0.2, 0) is 13.0 Å². The molecule has 31 heavy (non-hydrogen) atoms. The maximum absolute atomic E-state index is 11.9. The summed E-state index contributed by atoms with van der Waals surface area (Å²) in [6.07, 6.45) is 1.95. The summed E-state index contributed by atoms with van der Waals surface area (Å²) >= 11 is 1.57. The Balaban J connectivity index is 1.62. The predicted octanol–water partition coefficient (Wildman–Crippen LogP) is 4.74. The van der Waals surface area contributed by atoms with Crippen LogP contribution >= 0.6 is 11.3 Å². The second kappa shape index (κ2) is 8.00. The van der Waals surface area contributed by atoms with Crippen molar-refractivity contribution in [2.24, 2.45) is 5.73 Å². The minimum Gasteiger partial charge on any atom is -0.381 e. The Morgan fingerprint density at radius 1 is 1.16 bits per heavy atom. The van der Waals surface area contributed by atoms with E-state index in [0.717, 1.165) is 57.1 Å². The van der Waals surface area contributed by atoms with Gasteiger partial charge in [0.2, 0.25) is 5.91 Å². The number of amides is 1. The SMILES string of the molecule is Cc1sc2c(C(N)=O)cccc2c1-c1nc2c(c(NCc3ccccc3)n1)NCCC2. The summed E-state index contributed by atoms with van der Waals surface area (Å²) in [6, 6.07) is 15.9. The van der Waals surface area contributed by atoms with Crippen molar-refractivity contribution in [1.29, 1.82) is 0 Å². The molecule has 0 bridgehead atoms. The van der Waals surface area contributed by atoms with Crippen LogP contribution in [0, 0.1) is 6.92 Å². The minimum absolute atomic E-state index is 0.417. The summed E-state index contributed by atoms with van der Waals surface area (Å²) in [5, 5.41) is 7.94. The molecule has 0 radical (unpaired) electrons. The Kier molecular flexibility index (Phi) is 5.03. The molecule has 5 rings (SSSR count). The van der Waals surface area contributed by atoms with Gasteiger partial charge in [0.25, 0.3) is 0 Å². The van der Waals surface area contributed by atoms with Crippen LogP contribution < -0.4 is 16.4 Å². The highest BCUT2D eigenvalue weighted by Gasteiger charge is 2.22. The summed E-state index contributed by atoms with van der Waals surface area (Å²) in [5.74, 6) is 1.08. The molecule has 1 amide bonds. The number of nitrogens with one attached hydrogen (secondary N) is 2. The van der Waals surface area contributed by atoms with Crippen LogP contribution in [0.4, 0.5) is 11.5 Å². The first-order valence-electron chi connectivity index (χ1n) is 10.4. The number of aromatic nitrogens is 2. The van der Waals surface area contributed by atoms with E-state index in [1.54, 1.807) is 17.4 Å². The maximum atomic E-state index is 11.9. The molecule has 0 saturated heterocycles. The van der Waals surface area contributed by atoms with Gasteiger partial charge in [0.1, 0.15) is 0 Å². The van der Waals surface area contributed by atoms with Gasteiger partial charge in [-0.15, -0.1) is 11.3 Å². The summed E-state index contributed by atoms with van der Waals surface area (Å²) in [4.78, 5) is 22.9. The molecule has 7 heteroatoms. The second-order valence-electron chi connectivity index (χ2n) is 7.67. The Morgan fingerprint density at radius 3 is 2.81 bits per heavy atom. The lowest BCUT2D eigenvalue weighted by atomic mass is 10.1. The first kappa shape index (κ1) is 19.5. The highest BCUT2D eigenvalue weighted by molar-refractivity contribution is 7.20. The third-order valence-corrected chi connectivity index (χ3v) is 6.71. The number of hydrogen-bond acceptors (Lipinski definition) is 6. The number of nitrogens with two attached hydrogens (primary N) is 1. The van der Waals surface area contributed by atoms with Gasteiger partial charge in [0.15, 0.2) is 11.6 Å². The lowest BCUT2D eigenvalue weighted by Crippen LogP contribution is -2.17. The van der Waals surface area contributed by atoms with Crippen LogP contribution in [0.2, 0.25) is 0 Å². The first-order valence-corrected chi connectivity index (χ1v) is 11.2. The summed E-state index contributed by atoms with van der Waals surface area (Å²) < 4.78 is 0.890. The van der Waals surface area contributed by atoms with Gasteiger partial charge in [-0.25, -0.2) is 9.97 Å². The lowest BCUT2D eigenvalue weighted by Gasteiger charge is -2.21. The minimum atomic E-state index is -0.417. The summed E-state index contributed by atoms with van der Waals surface area (Å²) in [7, 11) is 0. The van der Waals surface area contributed by atoms with Gasteiger partial charge in [-0.1, -0.05) is 42.5 Å². The van der Waals surface area contributed by atoms with Crippen molar-refractivity contribution in [1.82, 2.24) is 9.97 Å². The van der Waals surface area contributed by atoms with E-state index in [2.05, 4.69) is 22.8 Å². The normalized spacial score (nSPS) is 12.9. The van der Waals surface area contributed by atoms with Crippen molar-refractivity contribution in [3.63, 3.8) is 0 Å². The number of nitrogens with zero attached hydrogens (tertiary/aromatic N) is 2. The molecule has 0 aliphatic carbocycles. The molecule has 6 nitrogen and oxygen atoms in total. The average Bonchev–Trinajstić information content (AvgIpc) is 3.13. The number of carbonyl (C=O) groups excluding carboxylic acids is 1. The van der Waals surface area contributed by atoms with Gasteiger partial charge in [0.05, 0.1) is 16.9 Å². The molecular formula is C24H23N5OS. The Bertz CT molecular complexity index is 1280. The molecule has 0 atom stereocenters. The molecule has 0 unspecified atom stereocenters. The standard InChI is InChI=1S/C24H23N5OS/c1-14-19(16-9-5-10-17(22(25)30)21(16)31-14)23-28-18-11-6-12-26-20(18)24(29-23)27-13-15-7-3-2-4-8-15/h2-5,7-10,26H,6,11-13H2,1H3,(H2,25,30)(H,27,28,29). The van der Waals surface area contributed by atoms with E-state index < -0.39 is 5.91 Å². The van der Waals surface area contributed by atoms with Crippen molar-refractivity contribution in [3.8, 4) is 11.4 Å². The zero-order valence-electron chi connectivity index (χ0n) is 17.2. The van der Waals surface area contributed by atoms with Crippen molar-refractivity contribution >= 4 is 38.8 Å². The number of aryl methyl sites for hydroxylation is 2. The monoisotopic (exact) mass is 429 g/mol. The van der Waals surface area contributed by atoms with E-state index in [1.807, 2.05) is 37.3 Å². The number of thiophene rings is 1. The van der Waals surface area contributed by atoms with Crippen molar-refractivity contribution in [3.05, 3.63) is 70.2 Å². The number of carbonyl (C=O) groups is 1. The Morgan fingerprint density at radius 2 is 2.00 bits per heavy atom. The van der Waals surface area contributed by atoms with E-state index >= 15 is 0 Å². The number of primary amides is 1. The number of anilines is 2. The highest BCUT2D eigenvalue weighted by Crippen LogP contribution is 2.40. The number of fused-ring (bicyclic) bond motifs is 2. The van der Waals surface area contributed by atoms with Crippen LogP contribution in [-0.4, -0.2) is 22.4 Å². The molecule has 0 spiro atoms. The molecule has 4 aromatic rings. The van der Waals surface area contributed by atoms with Crippen LogP contribution in [0.15, 0.2) is 48.5 Å². The summed E-state index contributed by atoms with van der Waals surface area (Å²) in [5.41, 5.74) is 10.3. The molecule has 2 aromatic heterocycles. The quantitative estimate of drug-likeness (QED) is 0.426. The fraction of sp³-hybridized carbons (Fsp3) is 0.208. The Labute approximate surface area is 184 Å². The predicted molar refractivity (Wildman–Crippen MR) is 127 cm³/mol. The molecule has 3 heterocycles. The molecule has 4 N–H and O–H groups in total. The third kappa shape index (κ3) is 3.61. The zero-order chi connectivity index (χ0) is 21.4. The second-order valence-corrected chi connectivity index (χ2v) is 8.89. The van der Waals surface area contributed by atoms with Crippen LogP contribution in [0.25, 0.3) is 21.5 Å². The average molecular weight is 430 g/mol. The van der Waals surface area contributed by atoms with Crippen LogP contribution in [0.5, 0.6) is 0 Å². The van der Waals surface area contributed by atoms with Gasteiger partial charge in [-0.2, -0.15) is 0 Å². The third-order valence-electron chi connectivity index (χ3n) is 5.56. The van der Waals surface area contributed by atoms with Crippen molar-refractivity contribution in [2.45, 2.75) is 26.3 Å². The smallest absolute Gasteiger partial charge is 0.250 e. The van der Waals surface area contributed by atoms with Gasteiger partial charge < -0.3 is 16.4 Å². The van der Waals surface area contributed by atoms with Crippen LogP contribution in [0.1, 0.15) is 32.9 Å². The first-order chi connectivity index (χ1) is 15.1. The van der Waals surface area contributed by atoms with Crippen molar-refractivity contribution < 1.29 is 4.79 Å². The molecule has 1 aliphatic rings. The highest BCUT2D eigenvalue weighted by atomic mass is 32.1. The number of benzene rings is 2. The summed E-state index contributed by atoms with van der Waals surface area (Å²) in [6.45, 7) is 3.64. The molecule has 2 aromatic carbocycles. The molecule has 1 aliphatic heterocycles. The fourth-order valence-electron chi connectivity index (χ4n) is 4.07. The molecular weight excluding hydrogens is 406 g/mol. The van der Waals surface area contributed by atoms with Gasteiger partial charge in [-0.3, -0.25) is 4.79 Å². The van der Waals surface area contributed by atoms with E-state index in [1.165, 1.54) is 5.56 Å². The van der Waals surface area contributed by atoms with Crippen LogP contribution in [0.3, 0.4) is 0 Å². The van der Waals surface area contributed by atoms with Gasteiger partial charge >= 0.3 is 0 Å². The maximum Gasteiger partial charge on any atom is 0.250 e. The largest absolute Gasteiger partial charge is 0.381 e. The number of hydrogen-bond donors (Lipinski definition) is 3. The van der Waals surface area contributed by atoms with E-state index in [-0.39, 0.29) is 0 Å². The Hall–Kier alpha value is -3.45.